The molecule has 0 aromatic heterocycles. The molecule has 0 saturated heterocycles. The van der Waals surface area contributed by atoms with E-state index in [4.69, 9.17) is 16.3 Å². The molecule has 2 rings (SSSR count). The molecule has 0 bridgehead atoms. The number of nitrogens with one attached hydrogen (secondary N) is 2. The second kappa shape index (κ2) is 8.33. The number of sulfonamides is 1. The summed E-state index contributed by atoms with van der Waals surface area (Å²) < 4.78 is 32.2. The molecule has 0 fully saturated rings. The molecule has 8 heteroatoms. The van der Waals surface area contributed by atoms with Crippen LogP contribution in [0.3, 0.4) is 0 Å². The van der Waals surface area contributed by atoms with Crippen molar-refractivity contribution < 1.29 is 17.9 Å². The van der Waals surface area contributed by atoms with E-state index in [0.29, 0.717) is 22.9 Å². The Morgan fingerprint density at radius 1 is 1.12 bits per heavy atom. The molecule has 0 unspecified atom stereocenters. The van der Waals surface area contributed by atoms with Gasteiger partial charge in [-0.2, -0.15) is 0 Å². The second-order valence-electron chi connectivity index (χ2n) is 5.05. The first-order valence-electron chi connectivity index (χ1n) is 7.70. The zero-order valence-electron chi connectivity index (χ0n) is 13.9. The van der Waals surface area contributed by atoms with Crippen LogP contribution in [0.1, 0.15) is 24.2 Å². The first-order chi connectivity index (χ1) is 11.9. The molecule has 1 amide bonds. The molecule has 0 saturated carbocycles. The van der Waals surface area contributed by atoms with Crippen LogP contribution in [-0.2, 0) is 10.0 Å². The van der Waals surface area contributed by atoms with Crippen molar-refractivity contribution >= 4 is 33.2 Å². The fourth-order valence-electron chi connectivity index (χ4n) is 2.12. The number of carbonyl (C=O) groups is 1. The van der Waals surface area contributed by atoms with E-state index in [9.17, 15) is 13.2 Å². The highest BCUT2D eigenvalue weighted by molar-refractivity contribution is 7.89. The molecule has 0 aliphatic carbocycles. The standard InChI is InChI=1S/C17H19ClN2O4S/c1-3-19-25(22,23)14-9-10-16(24-4-2)15(11-14)20-17(21)12-5-7-13(18)8-6-12/h5-11,19H,3-4H2,1-2H3,(H,20,21). The lowest BCUT2D eigenvalue weighted by molar-refractivity contribution is 0.102. The zero-order valence-corrected chi connectivity index (χ0v) is 15.4. The van der Waals surface area contributed by atoms with E-state index in [-0.39, 0.29) is 17.1 Å². The molecular weight excluding hydrogens is 364 g/mol. The van der Waals surface area contributed by atoms with Crippen molar-refractivity contribution in [2.75, 3.05) is 18.5 Å². The van der Waals surface area contributed by atoms with Gasteiger partial charge in [0.15, 0.2) is 0 Å². The van der Waals surface area contributed by atoms with Crippen LogP contribution < -0.4 is 14.8 Å². The Labute approximate surface area is 152 Å². The third-order valence-electron chi connectivity index (χ3n) is 3.25. The van der Waals surface area contributed by atoms with Gasteiger partial charge < -0.3 is 10.1 Å². The van der Waals surface area contributed by atoms with Crippen molar-refractivity contribution in [2.45, 2.75) is 18.7 Å². The van der Waals surface area contributed by atoms with Crippen molar-refractivity contribution in [2.24, 2.45) is 0 Å². The number of hydrogen-bond acceptors (Lipinski definition) is 4. The van der Waals surface area contributed by atoms with Gasteiger partial charge in [0.05, 0.1) is 17.2 Å². The molecule has 2 N–H and O–H groups in total. The minimum Gasteiger partial charge on any atom is -0.492 e. The lowest BCUT2D eigenvalue weighted by atomic mass is 10.2. The summed E-state index contributed by atoms with van der Waals surface area (Å²) in [5.74, 6) is -0.00381. The van der Waals surface area contributed by atoms with E-state index in [0.717, 1.165) is 0 Å². The zero-order chi connectivity index (χ0) is 18.4. The second-order valence-corrected chi connectivity index (χ2v) is 7.26. The SMILES string of the molecule is CCNS(=O)(=O)c1ccc(OCC)c(NC(=O)c2ccc(Cl)cc2)c1. The fourth-order valence-corrected chi connectivity index (χ4v) is 3.32. The van der Waals surface area contributed by atoms with Gasteiger partial charge in [0, 0.05) is 17.1 Å². The highest BCUT2D eigenvalue weighted by Gasteiger charge is 2.17. The van der Waals surface area contributed by atoms with Crippen LogP contribution >= 0.6 is 11.6 Å². The van der Waals surface area contributed by atoms with E-state index in [1.165, 1.54) is 18.2 Å². The third kappa shape index (κ3) is 4.94. The van der Waals surface area contributed by atoms with Crippen LogP contribution in [0.15, 0.2) is 47.4 Å². The van der Waals surface area contributed by atoms with Gasteiger partial charge >= 0.3 is 0 Å². The van der Waals surface area contributed by atoms with Gasteiger partial charge in [0.25, 0.3) is 5.91 Å². The van der Waals surface area contributed by atoms with Crippen LogP contribution in [0, 0.1) is 0 Å². The molecule has 0 radical (unpaired) electrons. The van der Waals surface area contributed by atoms with E-state index in [1.807, 2.05) is 0 Å². The smallest absolute Gasteiger partial charge is 0.255 e. The van der Waals surface area contributed by atoms with E-state index in [2.05, 4.69) is 10.0 Å². The van der Waals surface area contributed by atoms with Gasteiger partial charge in [-0.25, -0.2) is 13.1 Å². The highest BCUT2D eigenvalue weighted by atomic mass is 35.5. The molecule has 6 nitrogen and oxygen atoms in total. The Morgan fingerprint density at radius 3 is 2.40 bits per heavy atom. The first-order valence-corrected chi connectivity index (χ1v) is 9.57. The third-order valence-corrected chi connectivity index (χ3v) is 5.05. The summed E-state index contributed by atoms with van der Waals surface area (Å²) in [7, 11) is -3.64. The van der Waals surface area contributed by atoms with Crippen molar-refractivity contribution in [1.82, 2.24) is 4.72 Å². The lowest BCUT2D eigenvalue weighted by Gasteiger charge is -2.14. The maximum atomic E-state index is 12.4. The van der Waals surface area contributed by atoms with Crippen LogP contribution in [0.4, 0.5) is 5.69 Å². The molecule has 2 aromatic carbocycles. The average molecular weight is 383 g/mol. The minimum atomic E-state index is -3.64. The largest absolute Gasteiger partial charge is 0.492 e. The number of halogens is 1. The normalized spacial score (nSPS) is 11.2. The number of benzene rings is 2. The average Bonchev–Trinajstić information content (AvgIpc) is 2.57. The maximum Gasteiger partial charge on any atom is 0.255 e. The quantitative estimate of drug-likeness (QED) is 0.769. The van der Waals surface area contributed by atoms with Gasteiger partial charge in [-0.3, -0.25) is 4.79 Å². The van der Waals surface area contributed by atoms with Crippen molar-refractivity contribution in [3.8, 4) is 5.75 Å². The summed E-state index contributed by atoms with van der Waals surface area (Å²) in [6, 6.07) is 10.7. The van der Waals surface area contributed by atoms with Gasteiger partial charge in [-0.05, 0) is 49.4 Å². The van der Waals surface area contributed by atoms with Crippen LogP contribution in [0.25, 0.3) is 0 Å². The predicted octanol–water partition coefficient (Wildman–Crippen LogP) is 3.29. The number of amides is 1. The maximum absolute atomic E-state index is 12.4. The summed E-state index contributed by atoms with van der Waals surface area (Å²) in [6.45, 7) is 4.13. The van der Waals surface area contributed by atoms with Crippen LogP contribution in [-0.4, -0.2) is 27.5 Å². The molecule has 134 valence electrons. The molecule has 0 heterocycles. The summed E-state index contributed by atoms with van der Waals surface area (Å²) in [4.78, 5) is 12.4. The Balaban J connectivity index is 2.36. The molecule has 0 spiro atoms. The predicted molar refractivity (Wildman–Crippen MR) is 97.9 cm³/mol. The van der Waals surface area contributed by atoms with E-state index in [1.54, 1.807) is 38.1 Å². The molecule has 0 aliphatic rings. The van der Waals surface area contributed by atoms with Crippen LogP contribution in [0.5, 0.6) is 5.75 Å². The summed E-state index contributed by atoms with van der Waals surface area (Å²) >= 11 is 5.82. The number of carbonyl (C=O) groups excluding carboxylic acids is 1. The lowest BCUT2D eigenvalue weighted by Crippen LogP contribution is -2.23. The fraction of sp³-hybridized carbons (Fsp3) is 0.235. The Hall–Kier alpha value is -2.09. The highest BCUT2D eigenvalue weighted by Crippen LogP contribution is 2.28. The molecule has 0 aliphatic heterocycles. The van der Waals surface area contributed by atoms with Gasteiger partial charge in [-0.1, -0.05) is 18.5 Å². The first kappa shape index (κ1) is 19.2. The number of hydrogen-bond donors (Lipinski definition) is 2. The summed E-state index contributed by atoms with van der Waals surface area (Å²) in [6.07, 6.45) is 0. The summed E-state index contributed by atoms with van der Waals surface area (Å²) in [5, 5.41) is 3.21. The molecule has 0 atom stereocenters. The van der Waals surface area contributed by atoms with Gasteiger partial charge in [0.2, 0.25) is 10.0 Å². The minimum absolute atomic E-state index is 0.0456. The van der Waals surface area contributed by atoms with E-state index < -0.39 is 15.9 Å². The number of anilines is 1. The Kier molecular flexibility index (Phi) is 6.41. The molecule has 25 heavy (non-hydrogen) atoms. The Bertz CT molecular complexity index is 851. The van der Waals surface area contributed by atoms with Crippen molar-refractivity contribution in [3.63, 3.8) is 0 Å². The Morgan fingerprint density at radius 2 is 1.80 bits per heavy atom. The van der Waals surface area contributed by atoms with Gasteiger partial charge in [-0.15, -0.1) is 0 Å². The summed E-state index contributed by atoms with van der Waals surface area (Å²) in [5.41, 5.74) is 0.674. The van der Waals surface area contributed by atoms with Gasteiger partial charge in [0.1, 0.15) is 5.75 Å². The topological polar surface area (TPSA) is 84.5 Å². The molecular formula is C17H19ClN2O4S. The monoisotopic (exact) mass is 382 g/mol. The van der Waals surface area contributed by atoms with Crippen LogP contribution in [0.2, 0.25) is 5.02 Å². The number of ether oxygens (including phenoxy) is 1. The molecule has 2 aromatic rings. The van der Waals surface area contributed by atoms with Crippen molar-refractivity contribution in [1.29, 1.82) is 0 Å². The van der Waals surface area contributed by atoms with Crippen molar-refractivity contribution in [3.05, 3.63) is 53.1 Å². The number of rotatable bonds is 7. The van der Waals surface area contributed by atoms with E-state index >= 15 is 0 Å².